The van der Waals surface area contributed by atoms with E-state index in [1.165, 1.54) is 32.6 Å². The predicted molar refractivity (Wildman–Crippen MR) is 511 cm³/mol. The van der Waals surface area contributed by atoms with Crippen molar-refractivity contribution in [3.8, 4) is 0 Å². The van der Waals surface area contributed by atoms with Gasteiger partial charge in [-0.2, -0.15) is 12.6 Å². The van der Waals surface area contributed by atoms with E-state index >= 15 is 4.79 Å². The second kappa shape index (κ2) is 61.8. The van der Waals surface area contributed by atoms with E-state index in [0.29, 0.717) is 0 Å². The number of rotatable bonds is 65. The van der Waals surface area contributed by atoms with Crippen LogP contribution in [0.2, 0.25) is 0 Å². The lowest BCUT2D eigenvalue weighted by atomic mass is 9.99. The molecule has 2 aliphatic heterocycles. The number of carboxylic acid groups (broad SMARTS) is 1. The van der Waals surface area contributed by atoms with Crippen molar-refractivity contribution in [2.45, 2.75) is 313 Å². The lowest BCUT2D eigenvalue weighted by Crippen LogP contribution is -2.62. The van der Waals surface area contributed by atoms with E-state index in [1.54, 1.807) is 41.5 Å². The summed E-state index contributed by atoms with van der Waals surface area (Å²) < 4.78 is 0. The average Bonchev–Trinajstić information content (AvgIpc) is 1.71. The summed E-state index contributed by atoms with van der Waals surface area (Å²) in [6.45, 7) is 16.4. The summed E-state index contributed by atoms with van der Waals surface area (Å²) in [5, 5.41) is 86.4. The number of aliphatic carboxylic acids is 1. The Balaban J connectivity index is 2.54. The lowest BCUT2D eigenvalue weighted by Gasteiger charge is -2.32. The number of hydrogen-bond acceptors (Lipinski definition) is 28. The van der Waals surface area contributed by atoms with Crippen LogP contribution in [0.1, 0.15) is 205 Å². The number of guanidine groups is 3. The Bertz CT molecular complexity index is 4410. The van der Waals surface area contributed by atoms with Crippen LogP contribution in [0.5, 0.6) is 0 Å². The van der Waals surface area contributed by atoms with Crippen LogP contribution in [0.3, 0.4) is 0 Å². The molecule has 2 rings (SSSR count). The minimum atomic E-state index is -1.97. The highest BCUT2D eigenvalue weighted by Crippen LogP contribution is 2.24. The molecule has 0 aromatic heterocycles. The molecule has 0 radical (unpaired) electrons. The summed E-state index contributed by atoms with van der Waals surface area (Å²) in [4.78, 5) is 304. The SMILES string of the molecule is CC(C)C[C@H](NC(=O)[C@H](CCC(N)=O)NC(=O)[C@@H](NC(=O)[C@H](CCC(N)=O)NC(=O)[C@@H](NC(=O)[C@@H]1CCCN1C(=O)[C@H](CCCNC(=N)N)NC(=O)[C@H](CS)NC(=O)[C@H](CCC(N)=O)NC(=O)[C@@H](NC(=O)[C@@H](N)CC(N)=O)C(C)C)[C@@H](C)O)C(C)C)C(=O)N[C@@H](CCCNC(=N)N)C(=O)N1CCC[C@H]1C(=O)N[C@H](C(=O)N[C@@H](CCC(N)=O)C(=O)N[C@H](C(=O)N[C@@H](CCCNC(=N)N)C(=O)O)C(C)C)C(C)C. The van der Waals surface area contributed by atoms with Crippen LogP contribution < -0.4 is 142 Å². The van der Waals surface area contributed by atoms with Crippen molar-refractivity contribution in [3.63, 3.8) is 0 Å². The molecular weight excluding hydrogens is 1870 g/mol. The number of nitrogens with two attached hydrogens (primary N) is 9. The first-order chi connectivity index (χ1) is 65.8. The Morgan fingerprint density at radius 1 is 0.333 bits per heavy atom. The van der Waals surface area contributed by atoms with E-state index in [-0.39, 0.29) is 109 Å². The van der Waals surface area contributed by atoms with Gasteiger partial charge >= 0.3 is 5.97 Å². The smallest absolute Gasteiger partial charge is 0.326 e. The highest BCUT2D eigenvalue weighted by atomic mass is 32.1. The number of aliphatic hydroxyl groups excluding tert-OH is 1. The van der Waals surface area contributed by atoms with Gasteiger partial charge in [-0.3, -0.25) is 117 Å². The maximum absolute atomic E-state index is 15.0. The van der Waals surface area contributed by atoms with Crippen molar-refractivity contribution in [2.75, 3.05) is 38.5 Å². The standard InChI is InChI=1S/C85H149N31O24S/c1-38(2)35-52(71(128)105-49(17-12-30-98-83(92)93)80(137)115-33-15-20-54(115)73(130)113-64(42(9)10)77(134)103-47(24-28-58(89)120)69(126)112-63(41(7)8)78(135)107-51(82(139)140)19-14-32-100-85(96)97)108-67(124)45(22-26-56(87)118)101-76(133)62(40(5)6)111-70(127)48(25-29-59(90)121)104-79(136)65(43(11)117)114-74(131)55-21-16-34-116(55)81(138)50(18-13-31-99-84(94)95)106-72(129)53(37-141)109-68(125)46(23-27-57(88)119)102-75(132)61(39(3)4)110-66(123)44(86)36-60(91)122/h38-55,61-65,117,141H,12-37,86H2,1-11H3,(H2,87,118)(H2,88,119)(H2,89,120)(H2,90,121)(H2,91,122)(H,101,133)(H,102,132)(H,103,134)(H,104,136)(H,105,128)(H,106,129)(H,107,135)(H,108,124)(H,109,125)(H,110,123)(H,111,127)(H,112,126)(H,113,130)(H,114,131)(H,139,140)(H4,92,93,98)(H4,94,95,99)(H4,96,97,100)/t43-,44+,45+,46+,47+,48+,49+,50+,51+,52+,53+,54+,55+,61+,62+,63+,64+,65+/m1/s1. The summed E-state index contributed by atoms with van der Waals surface area (Å²) >= 11 is 4.25. The fourth-order valence-electron chi connectivity index (χ4n) is 15.0. The maximum atomic E-state index is 15.0. The fourth-order valence-corrected chi connectivity index (χ4v) is 15.3. The highest BCUT2D eigenvalue weighted by molar-refractivity contribution is 7.80. The highest BCUT2D eigenvalue weighted by Gasteiger charge is 2.45. The second-order valence-corrected chi connectivity index (χ2v) is 36.8. The monoisotopic (exact) mass is 2020 g/mol. The molecule has 794 valence electrons. The molecule has 2 aliphatic rings. The number of thiol groups is 1. The average molecular weight is 2020 g/mol. The minimum Gasteiger partial charge on any atom is -0.480 e. The quantitative estimate of drug-likeness (QED) is 0.0116. The van der Waals surface area contributed by atoms with Crippen LogP contribution in [0.15, 0.2) is 0 Å². The van der Waals surface area contributed by atoms with Gasteiger partial charge in [0.1, 0.15) is 96.7 Å². The van der Waals surface area contributed by atoms with Gasteiger partial charge in [-0.05, 0) is 133 Å². The van der Waals surface area contributed by atoms with E-state index in [1.807, 2.05) is 0 Å². The zero-order chi connectivity index (χ0) is 107. The molecule has 0 spiro atoms. The Kier molecular flexibility index (Phi) is 54.1. The third-order valence-electron chi connectivity index (χ3n) is 22.7. The molecule has 0 aromatic carbocycles. The van der Waals surface area contributed by atoms with Gasteiger partial charge in [0.25, 0.3) is 0 Å². The second-order valence-electron chi connectivity index (χ2n) is 36.5. The van der Waals surface area contributed by atoms with Gasteiger partial charge in [0.2, 0.25) is 124 Å². The van der Waals surface area contributed by atoms with Crippen LogP contribution in [0.25, 0.3) is 0 Å². The van der Waals surface area contributed by atoms with Gasteiger partial charge in [-0.1, -0.05) is 69.2 Å². The molecule has 21 amide bonds. The zero-order valence-corrected chi connectivity index (χ0v) is 82.5. The molecule has 0 saturated carbocycles. The van der Waals surface area contributed by atoms with Crippen molar-refractivity contribution in [1.29, 1.82) is 16.2 Å². The maximum Gasteiger partial charge on any atom is 0.326 e. The van der Waals surface area contributed by atoms with E-state index in [9.17, 15) is 111 Å². The van der Waals surface area contributed by atoms with Crippen LogP contribution in [0, 0.1) is 45.8 Å². The Morgan fingerprint density at radius 2 is 0.596 bits per heavy atom. The molecule has 2 heterocycles. The zero-order valence-electron chi connectivity index (χ0n) is 81.6. The first-order valence-electron chi connectivity index (χ1n) is 46.6. The molecule has 18 atom stereocenters. The van der Waals surface area contributed by atoms with E-state index in [0.717, 1.165) is 11.8 Å². The van der Waals surface area contributed by atoms with Gasteiger partial charge in [-0.15, -0.1) is 0 Å². The largest absolute Gasteiger partial charge is 0.480 e. The molecule has 55 nitrogen and oxygen atoms in total. The van der Waals surface area contributed by atoms with Crippen molar-refractivity contribution in [3.05, 3.63) is 0 Å². The first-order valence-corrected chi connectivity index (χ1v) is 47.3. The third-order valence-corrected chi connectivity index (χ3v) is 23.1. The number of carbonyl (C=O) groups is 22. The Morgan fingerprint density at radius 3 is 0.887 bits per heavy atom. The molecule has 141 heavy (non-hydrogen) atoms. The fraction of sp³-hybridized carbons (Fsp3) is 0.706. The normalized spacial score (nSPS) is 16.8. The number of nitrogens with zero attached hydrogens (tertiary/aromatic N) is 2. The van der Waals surface area contributed by atoms with Gasteiger partial charge in [-0.25, -0.2) is 4.79 Å². The number of primary amides is 5. The predicted octanol–water partition coefficient (Wildman–Crippen LogP) is -11.1. The number of aliphatic hydroxyl groups is 1. The summed E-state index contributed by atoms with van der Waals surface area (Å²) in [7, 11) is 0. The molecule has 0 bridgehead atoms. The van der Waals surface area contributed by atoms with E-state index < -0.39 is 344 Å². The number of amides is 21. The van der Waals surface area contributed by atoms with Crippen LogP contribution >= 0.6 is 12.6 Å². The summed E-state index contributed by atoms with van der Waals surface area (Å²) in [5.74, 6) is -27.3. The first kappa shape index (κ1) is 123. The van der Waals surface area contributed by atoms with Crippen LogP contribution in [-0.2, 0) is 105 Å². The molecule has 40 N–H and O–H groups in total. The summed E-state index contributed by atoms with van der Waals surface area (Å²) in [6.07, 6.45) is -6.69. The Labute approximate surface area is 822 Å². The van der Waals surface area contributed by atoms with Gasteiger partial charge < -0.3 is 162 Å². The topological polar surface area (TPSA) is 933 Å². The number of carboxylic acids is 1. The van der Waals surface area contributed by atoms with E-state index in [4.69, 9.17) is 67.8 Å². The molecular formula is C85H149N31O24S. The number of likely N-dealkylation sites (tertiary alicyclic amines) is 2. The van der Waals surface area contributed by atoms with Gasteiger partial charge in [0.05, 0.1) is 18.6 Å². The Hall–Kier alpha value is -13.6. The van der Waals surface area contributed by atoms with Crippen molar-refractivity contribution >= 4 is 161 Å². The molecule has 0 unspecified atom stereocenters. The van der Waals surface area contributed by atoms with Crippen molar-refractivity contribution in [1.82, 2.24) is 100 Å². The summed E-state index contributed by atoms with van der Waals surface area (Å²) in [5.41, 5.74) is 49.3. The molecule has 0 aromatic rings. The minimum absolute atomic E-state index is 0.0144. The molecule has 2 saturated heterocycles. The summed E-state index contributed by atoms with van der Waals surface area (Å²) in [6, 6.07) is -26.5. The number of carbonyl (C=O) groups excluding carboxylic acids is 21. The molecule has 2 fully saturated rings. The van der Waals surface area contributed by atoms with Crippen molar-refractivity contribution < 1.29 is 116 Å². The molecule has 56 heteroatoms. The molecule has 0 aliphatic carbocycles. The van der Waals surface area contributed by atoms with Gasteiger partial charge in [0.15, 0.2) is 17.9 Å². The van der Waals surface area contributed by atoms with Gasteiger partial charge in [0, 0.05) is 64.2 Å². The van der Waals surface area contributed by atoms with Crippen LogP contribution in [-0.4, -0.2) is 315 Å². The number of hydrogen-bond donors (Lipinski definition) is 32. The third kappa shape index (κ3) is 44.6. The lowest BCUT2D eigenvalue weighted by molar-refractivity contribution is -0.143. The van der Waals surface area contributed by atoms with Crippen molar-refractivity contribution in [2.24, 2.45) is 81.2 Å². The van der Waals surface area contributed by atoms with E-state index in [2.05, 4.69) is 103 Å². The van der Waals surface area contributed by atoms with Crippen LogP contribution in [0.4, 0.5) is 0 Å². The number of nitrogens with one attached hydrogen (secondary N) is 20.